The van der Waals surface area contributed by atoms with Gasteiger partial charge in [0.15, 0.2) is 5.75 Å². The first-order valence-electron chi connectivity index (χ1n) is 3.69. The third kappa shape index (κ3) is 1.07. The van der Waals surface area contributed by atoms with E-state index in [1.54, 1.807) is 18.2 Å². The highest BCUT2D eigenvalue weighted by Gasteiger charge is 2.09. The van der Waals surface area contributed by atoms with Crippen molar-refractivity contribution in [2.45, 2.75) is 0 Å². The number of benzene rings is 1. The zero-order valence-electron chi connectivity index (χ0n) is 6.54. The molecule has 1 aromatic carbocycles. The Labute approximate surface area is 72.5 Å². The number of aromatic hydroxyl groups is 1. The molecule has 0 amide bonds. The molecule has 0 unspecified atom stereocenters. The molecule has 2 N–H and O–H groups in total. The Morgan fingerprint density at radius 2 is 2.00 bits per heavy atom. The molecule has 0 atom stereocenters. The molecule has 2 rings (SSSR count). The van der Waals surface area contributed by atoms with Gasteiger partial charge in [0.2, 0.25) is 5.82 Å². The molecule has 1 heterocycles. The van der Waals surface area contributed by atoms with Gasteiger partial charge >= 0.3 is 0 Å². The predicted molar refractivity (Wildman–Crippen MR) is 46.2 cm³/mol. The minimum atomic E-state index is -1.14. The summed E-state index contributed by atoms with van der Waals surface area (Å²) in [6.45, 7) is 0. The monoisotopic (exact) mass is 179 g/mol. The van der Waals surface area contributed by atoms with Crippen molar-refractivity contribution in [3.05, 3.63) is 40.4 Å². The van der Waals surface area contributed by atoms with Gasteiger partial charge < -0.3 is 10.1 Å². The van der Waals surface area contributed by atoms with Gasteiger partial charge in [-0.3, -0.25) is 4.79 Å². The van der Waals surface area contributed by atoms with E-state index in [0.717, 1.165) is 0 Å². The zero-order chi connectivity index (χ0) is 9.42. The average molecular weight is 179 g/mol. The quantitative estimate of drug-likeness (QED) is 0.641. The molecule has 4 heteroatoms. The van der Waals surface area contributed by atoms with Crippen LogP contribution in [0.4, 0.5) is 4.39 Å². The number of aromatic nitrogens is 1. The number of H-pyrrole nitrogens is 1. The van der Waals surface area contributed by atoms with Crippen molar-refractivity contribution >= 4 is 10.9 Å². The highest BCUT2D eigenvalue weighted by Crippen LogP contribution is 2.22. The number of aromatic amines is 1. The van der Waals surface area contributed by atoms with E-state index in [4.69, 9.17) is 0 Å². The van der Waals surface area contributed by atoms with Gasteiger partial charge in [-0.15, -0.1) is 0 Å². The van der Waals surface area contributed by atoms with Crippen LogP contribution in [0.3, 0.4) is 0 Å². The number of hydrogen-bond acceptors (Lipinski definition) is 2. The molecule has 0 aliphatic rings. The standard InChI is InChI=1S/C9H6FNO2/c10-7-8(12)5-3-1-2-4-6(5)11-9(7)13/h1-4H,(H2,11,12,13). The van der Waals surface area contributed by atoms with E-state index in [0.29, 0.717) is 10.9 Å². The molecule has 0 aliphatic carbocycles. The molecule has 1 aromatic heterocycles. The van der Waals surface area contributed by atoms with Crippen LogP contribution in [-0.2, 0) is 0 Å². The number of rotatable bonds is 0. The van der Waals surface area contributed by atoms with Crippen LogP contribution < -0.4 is 5.56 Å². The van der Waals surface area contributed by atoms with Crippen molar-refractivity contribution in [3.63, 3.8) is 0 Å². The lowest BCUT2D eigenvalue weighted by atomic mass is 10.2. The van der Waals surface area contributed by atoms with Gasteiger partial charge in [0.25, 0.3) is 5.56 Å². The molecule has 0 bridgehead atoms. The Morgan fingerprint density at radius 1 is 1.31 bits per heavy atom. The minimum absolute atomic E-state index is 0.305. The summed E-state index contributed by atoms with van der Waals surface area (Å²) in [5.41, 5.74) is -0.484. The van der Waals surface area contributed by atoms with Crippen LogP contribution in [0.5, 0.6) is 5.75 Å². The normalized spacial score (nSPS) is 10.5. The van der Waals surface area contributed by atoms with E-state index < -0.39 is 17.1 Å². The fraction of sp³-hybridized carbons (Fsp3) is 0. The number of nitrogens with one attached hydrogen (secondary N) is 1. The maximum atomic E-state index is 12.9. The molecule has 0 aliphatic heterocycles. The third-order valence-electron chi connectivity index (χ3n) is 1.84. The molecule has 0 spiro atoms. The molecule has 0 radical (unpaired) electrons. The van der Waals surface area contributed by atoms with Crippen molar-refractivity contribution < 1.29 is 9.50 Å². The highest BCUT2D eigenvalue weighted by atomic mass is 19.1. The van der Waals surface area contributed by atoms with E-state index in [1.807, 2.05) is 0 Å². The van der Waals surface area contributed by atoms with Crippen LogP contribution in [0, 0.1) is 5.82 Å². The first-order chi connectivity index (χ1) is 6.20. The van der Waals surface area contributed by atoms with Gasteiger partial charge in [-0.1, -0.05) is 12.1 Å². The van der Waals surface area contributed by atoms with Gasteiger partial charge in [0, 0.05) is 5.39 Å². The van der Waals surface area contributed by atoms with Gasteiger partial charge in [-0.25, -0.2) is 0 Å². The van der Waals surface area contributed by atoms with Gasteiger partial charge in [0.1, 0.15) is 0 Å². The molecule has 0 fully saturated rings. The van der Waals surface area contributed by atoms with Crippen LogP contribution in [-0.4, -0.2) is 10.1 Å². The van der Waals surface area contributed by atoms with Crippen molar-refractivity contribution in [3.8, 4) is 5.75 Å². The zero-order valence-corrected chi connectivity index (χ0v) is 6.54. The summed E-state index contributed by atoms with van der Waals surface area (Å²) >= 11 is 0. The van der Waals surface area contributed by atoms with Crippen LogP contribution >= 0.6 is 0 Å². The smallest absolute Gasteiger partial charge is 0.288 e. The Bertz CT molecular complexity index is 518. The lowest BCUT2D eigenvalue weighted by Crippen LogP contribution is -2.10. The fourth-order valence-corrected chi connectivity index (χ4v) is 1.20. The molecule has 3 nitrogen and oxygen atoms in total. The number of hydrogen-bond donors (Lipinski definition) is 2. The van der Waals surface area contributed by atoms with Gasteiger partial charge in [0.05, 0.1) is 5.52 Å². The number of halogens is 1. The van der Waals surface area contributed by atoms with Crippen LogP contribution in [0.1, 0.15) is 0 Å². The first kappa shape index (κ1) is 7.79. The molecule has 13 heavy (non-hydrogen) atoms. The second-order valence-electron chi connectivity index (χ2n) is 2.66. The maximum Gasteiger partial charge on any atom is 0.288 e. The van der Waals surface area contributed by atoms with Crippen LogP contribution in [0.15, 0.2) is 29.1 Å². The molecule has 0 saturated heterocycles. The Balaban J connectivity index is 3.02. The van der Waals surface area contributed by atoms with Gasteiger partial charge in [-0.05, 0) is 12.1 Å². The highest BCUT2D eigenvalue weighted by molar-refractivity contribution is 5.84. The Hall–Kier alpha value is -1.84. The minimum Gasteiger partial charge on any atom is -0.504 e. The summed E-state index contributed by atoms with van der Waals surface area (Å²) in [6, 6.07) is 6.47. The molecule has 0 saturated carbocycles. The van der Waals surface area contributed by atoms with E-state index in [1.165, 1.54) is 6.07 Å². The fourth-order valence-electron chi connectivity index (χ4n) is 1.20. The van der Waals surface area contributed by atoms with Crippen LogP contribution in [0.25, 0.3) is 10.9 Å². The third-order valence-corrected chi connectivity index (χ3v) is 1.84. The summed E-state index contributed by atoms with van der Waals surface area (Å²) < 4.78 is 12.9. The average Bonchev–Trinajstić information content (AvgIpc) is 2.15. The lowest BCUT2D eigenvalue weighted by molar-refractivity contribution is 0.433. The molecule has 2 aromatic rings. The largest absolute Gasteiger partial charge is 0.504 e. The number of fused-ring (bicyclic) bond motifs is 1. The summed E-state index contributed by atoms with van der Waals surface area (Å²) in [6.07, 6.45) is 0. The molecular weight excluding hydrogens is 173 g/mol. The summed E-state index contributed by atoms with van der Waals surface area (Å²) in [5.74, 6) is -1.74. The maximum absolute atomic E-state index is 12.9. The SMILES string of the molecule is O=c1[nH]c2ccccc2c(O)c1F. The summed E-state index contributed by atoms with van der Waals surface area (Å²) in [7, 11) is 0. The topological polar surface area (TPSA) is 53.1 Å². The van der Waals surface area contributed by atoms with Crippen molar-refractivity contribution in [2.24, 2.45) is 0 Å². The Kier molecular flexibility index (Phi) is 1.55. The number of pyridine rings is 1. The number of para-hydroxylation sites is 1. The van der Waals surface area contributed by atoms with Crippen molar-refractivity contribution in [2.75, 3.05) is 0 Å². The van der Waals surface area contributed by atoms with Crippen molar-refractivity contribution in [1.29, 1.82) is 0 Å². The summed E-state index contributed by atoms with van der Waals surface area (Å²) in [5, 5.41) is 9.55. The molecule has 66 valence electrons. The molecular formula is C9H6FNO2. The first-order valence-corrected chi connectivity index (χ1v) is 3.69. The van der Waals surface area contributed by atoms with E-state index >= 15 is 0 Å². The predicted octanol–water partition coefficient (Wildman–Crippen LogP) is 1.37. The van der Waals surface area contributed by atoms with Gasteiger partial charge in [-0.2, -0.15) is 4.39 Å². The van der Waals surface area contributed by atoms with E-state index in [-0.39, 0.29) is 0 Å². The van der Waals surface area contributed by atoms with Crippen LogP contribution in [0.2, 0.25) is 0 Å². The second-order valence-corrected chi connectivity index (χ2v) is 2.66. The lowest BCUT2D eigenvalue weighted by Gasteiger charge is -2.00. The Morgan fingerprint density at radius 3 is 2.77 bits per heavy atom. The van der Waals surface area contributed by atoms with E-state index in [2.05, 4.69) is 4.98 Å². The van der Waals surface area contributed by atoms with Crippen molar-refractivity contribution in [1.82, 2.24) is 4.98 Å². The van der Waals surface area contributed by atoms with E-state index in [9.17, 15) is 14.3 Å². The summed E-state index contributed by atoms with van der Waals surface area (Å²) in [4.78, 5) is 13.2. The second kappa shape index (κ2) is 2.58.